The van der Waals surface area contributed by atoms with Gasteiger partial charge in [-0.2, -0.15) is 0 Å². The maximum absolute atomic E-state index is 13.5. The molecule has 1 aromatic rings. The van der Waals surface area contributed by atoms with Gasteiger partial charge < -0.3 is 14.4 Å². The zero-order valence-electron chi connectivity index (χ0n) is 12.0. The Morgan fingerprint density at radius 3 is 2.76 bits per heavy atom. The summed E-state index contributed by atoms with van der Waals surface area (Å²) < 4.78 is 23.5. The number of halogens is 1. The number of amides is 1. The Bertz CT molecular complexity index is 534. The van der Waals surface area contributed by atoms with E-state index in [2.05, 4.69) is 4.74 Å². The Hall–Kier alpha value is -2.11. The van der Waals surface area contributed by atoms with Gasteiger partial charge in [-0.3, -0.25) is 9.59 Å². The third-order valence-electron chi connectivity index (χ3n) is 3.52. The number of benzene rings is 1. The molecule has 1 aliphatic rings. The summed E-state index contributed by atoms with van der Waals surface area (Å²) in [6.45, 7) is 2.36. The number of carbonyl (C=O) groups excluding carboxylic acids is 2. The maximum atomic E-state index is 13.5. The van der Waals surface area contributed by atoms with Crippen molar-refractivity contribution in [3.63, 3.8) is 0 Å². The molecule has 1 fully saturated rings. The molecular formula is C15H18FNO4. The standard InChI is InChI=1S/C15H18FNO4/c1-10(21-13-6-4-3-5-12(13)16)14(18)17-8-7-11(9-17)15(19)20-2/h3-6,10-11H,7-9H2,1-2H3. The lowest BCUT2D eigenvalue weighted by molar-refractivity contribution is -0.145. The van der Waals surface area contributed by atoms with Gasteiger partial charge in [-0.15, -0.1) is 0 Å². The first-order valence-corrected chi connectivity index (χ1v) is 6.80. The number of likely N-dealkylation sites (tertiary alicyclic amines) is 1. The van der Waals surface area contributed by atoms with Crippen LogP contribution in [0, 0.1) is 11.7 Å². The predicted octanol–water partition coefficient (Wildman–Crippen LogP) is 1.61. The van der Waals surface area contributed by atoms with Gasteiger partial charge in [-0.1, -0.05) is 12.1 Å². The van der Waals surface area contributed by atoms with Crippen LogP contribution in [-0.2, 0) is 14.3 Å². The van der Waals surface area contributed by atoms with Crippen molar-refractivity contribution in [1.82, 2.24) is 4.90 Å². The molecule has 0 radical (unpaired) electrons. The third kappa shape index (κ3) is 3.51. The highest BCUT2D eigenvalue weighted by Gasteiger charge is 2.34. The van der Waals surface area contributed by atoms with Crippen LogP contribution < -0.4 is 4.74 Å². The van der Waals surface area contributed by atoms with Crippen molar-refractivity contribution in [2.75, 3.05) is 20.2 Å². The normalized spacial score (nSPS) is 19.2. The highest BCUT2D eigenvalue weighted by Crippen LogP contribution is 2.21. The molecule has 0 bridgehead atoms. The highest BCUT2D eigenvalue weighted by molar-refractivity contribution is 5.82. The summed E-state index contributed by atoms with van der Waals surface area (Å²) in [4.78, 5) is 25.2. The fourth-order valence-electron chi connectivity index (χ4n) is 2.36. The first-order valence-electron chi connectivity index (χ1n) is 6.80. The van der Waals surface area contributed by atoms with Crippen LogP contribution in [0.5, 0.6) is 5.75 Å². The quantitative estimate of drug-likeness (QED) is 0.792. The number of hydrogen-bond donors (Lipinski definition) is 0. The SMILES string of the molecule is COC(=O)C1CCN(C(=O)C(C)Oc2ccccc2F)C1. The number of rotatable bonds is 4. The van der Waals surface area contributed by atoms with Gasteiger partial charge in [0.2, 0.25) is 0 Å². The minimum atomic E-state index is -0.807. The number of nitrogens with zero attached hydrogens (tertiary/aromatic N) is 1. The van der Waals surface area contributed by atoms with Gasteiger partial charge in [0.15, 0.2) is 17.7 Å². The number of ether oxygens (including phenoxy) is 2. The summed E-state index contributed by atoms with van der Waals surface area (Å²) >= 11 is 0. The van der Waals surface area contributed by atoms with Gasteiger partial charge in [0.1, 0.15) is 0 Å². The lowest BCUT2D eigenvalue weighted by Crippen LogP contribution is -2.39. The number of para-hydroxylation sites is 1. The third-order valence-corrected chi connectivity index (χ3v) is 3.52. The minimum Gasteiger partial charge on any atom is -0.478 e. The minimum absolute atomic E-state index is 0.0436. The van der Waals surface area contributed by atoms with E-state index in [1.165, 1.54) is 19.2 Å². The van der Waals surface area contributed by atoms with E-state index in [9.17, 15) is 14.0 Å². The molecule has 1 aromatic carbocycles. The molecule has 5 nitrogen and oxygen atoms in total. The van der Waals surface area contributed by atoms with Gasteiger partial charge in [0.05, 0.1) is 13.0 Å². The van der Waals surface area contributed by atoms with Crippen molar-refractivity contribution in [3.8, 4) is 5.75 Å². The summed E-state index contributed by atoms with van der Waals surface area (Å²) in [6, 6.07) is 5.94. The van der Waals surface area contributed by atoms with E-state index < -0.39 is 11.9 Å². The van der Waals surface area contributed by atoms with Crippen LogP contribution in [0.1, 0.15) is 13.3 Å². The Labute approximate surface area is 122 Å². The number of methoxy groups -OCH3 is 1. The lowest BCUT2D eigenvalue weighted by Gasteiger charge is -2.21. The molecule has 2 rings (SSSR count). The summed E-state index contributed by atoms with van der Waals surface area (Å²) in [6.07, 6.45) is -0.233. The Morgan fingerprint density at radius 1 is 1.38 bits per heavy atom. The van der Waals surface area contributed by atoms with E-state index in [1.807, 2.05) is 0 Å². The second-order valence-corrected chi connectivity index (χ2v) is 4.98. The average Bonchev–Trinajstić information content (AvgIpc) is 2.97. The van der Waals surface area contributed by atoms with Crippen molar-refractivity contribution in [2.45, 2.75) is 19.4 Å². The molecule has 1 heterocycles. The van der Waals surface area contributed by atoms with E-state index in [4.69, 9.17) is 4.74 Å². The van der Waals surface area contributed by atoms with Crippen LogP contribution >= 0.6 is 0 Å². The molecule has 1 aliphatic heterocycles. The summed E-state index contributed by atoms with van der Waals surface area (Å²) in [5.74, 6) is -1.33. The largest absolute Gasteiger partial charge is 0.478 e. The molecular weight excluding hydrogens is 277 g/mol. The van der Waals surface area contributed by atoms with Crippen molar-refractivity contribution in [2.24, 2.45) is 5.92 Å². The molecule has 114 valence electrons. The molecule has 0 saturated carbocycles. The Morgan fingerprint density at radius 2 is 2.10 bits per heavy atom. The van der Waals surface area contributed by atoms with Crippen molar-refractivity contribution >= 4 is 11.9 Å². The fourth-order valence-corrected chi connectivity index (χ4v) is 2.36. The Balaban J connectivity index is 1.95. The van der Waals surface area contributed by atoms with Gasteiger partial charge in [0.25, 0.3) is 5.91 Å². The molecule has 2 unspecified atom stereocenters. The summed E-state index contributed by atoms with van der Waals surface area (Å²) in [7, 11) is 1.33. The fraction of sp³-hybridized carbons (Fsp3) is 0.467. The first kappa shape index (κ1) is 15.3. The van der Waals surface area contributed by atoms with Crippen LogP contribution in [0.4, 0.5) is 4.39 Å². The zero-order chi connectivity index (χ0) is 15.4. The predicted molar refractivity (Wildman–Crippen MR) is 73.2 cm³/mol. The second-order valence-electron chi connectivity index (χ2n) is 4.98. The van der Waals surface area contributed by atoms with Crippen LogP contribution in [0.15, 0.2) is 24.3 Å². The van der Waals surface area contributed by atoms with Crippen molar-refractivity contribution in [3.05, 3.63) is 30.1 Å². The van der Waals surface area contributed by atoms with E-state index in [0.717, 1.165) is 0 Å². The molecule has 0 aromatic heterocycles. The zero-order valence-corrected chi connectivity index (χ0v) is 12.0. The number of carbonyl (C=O) groups is 2. The Kier molecular flexibility index (Phi) is 4.77. The second kappa shape index (κ2) is 6.56. The van der Waals surface area contributed by atoms with Gasteiger partial charge >= 0.3 is 5.97 Å². The molecule has 0 aliphatic carbocycles. The smallest absolute Gasteiger partial charge is 0.310 e. The topological polar surface area (TPSA) is 55.8 Å². The average molecular weight is 295 g/mol. The molecule has 21 heavy (non-hydrogen) atoms. The lowest BCUT2D eigenvalue weighted by atomic mass is 10.1. The van der Waals surface area contributed by atoms with Crippen molar-refractivity contribution < 1.29 is 23.5 Å². The van der Waals surface area contributed by atoms with Crippen LogP contribution in [0.2, 0.25) is 0 Å². The van der Waals surface area contributed by atoms with Crippen LogP contribution in [-0.4, -0.2) is 43.1 Å². The molecule has 0 N–H and O–H groups in total. The van der Waals surface area contributed by atoms with E-state index in [-0.39, 0.29) is 23.5 Å². The summed E-state index contributed by atoms with van der Waals surface area (Å²) in [5.41, 5.74) is 0. The van der Waals surface area contributed by atoms with E-state index in [1.54, 1.807) is 24.0 Å². The molecule has 6 heteroatoms. The van der Waals surface area contributed by atoms with Crippen LogP contribution in [0.3, 0.4) is 0 Å². The van der Waals surface area contributed by atoms with Crippen molar-refractivity contribution in [1.29, 1.82) is 0 Å². The first-order chi connectivity index (χ1) is 10.0. The summed E-state index contributed by atoms with van der Waals surface area (Å²) in [5, 5.41) is 0. The molecule has 1 amide bonds. The van der Waals surface area contributed by atoms with Gasteiger partial charge in [-0.05, 0) is 25.5 Å². The van der Waals surface area contributed by atoms with Crippen LogP contribution in [0.25, 0.3) is 0 Å². The maximum Gasteiger partial charge on any atom is 0.310 e. The highest BCUT2D eigenvalue weighted by atomic mass is 19.1. The molecule has 2 atom stereocenters. The monoisotopic (exact) mass is 295 g/mol. The molecule has 0 spiro atoms. The molecule has 1 saturated heterocycles. The van der Waals surface area contributed by atoms with Gasteiger partial charge in [-0.25, -0.2) is 4.39 Å². The number of hydrogen-bond acceptors (Lipinski definition) is 4. The van der Waals surface area contributed by atoms with E-state index in [0.29, 0.717) is 19.5 Å². The van der Waals surface area contributed by atoms with E-state index >= 15 is 0 Å². The van der Waals surface area contributed by atoms with Gasteiger partial charge in [0, 0.05) is 13.1 Å². The number of esters is 1.